The molecular formula is C22H20N2O3. The fraction of sp³-hybridized carbons (Fsp3) is 0.136. The Morgan fingerprint density at radius 3 is 2.19 bits per heavy atom. The van der Waals surface area contributed by atoms with Gasteiger partial charge >= 0.3 is 0 Å². The Bertz CT molecular complexity index is 939. The van der Waals surface area contributed by atoms with Gasteiger partial charge in [0.25, 0.3) is 11.6 Å². The molecule has 0 aliphatic heterocycles. The molecule has 3 rings (SSSR count). The number of benzene rings is 3. The number of carbonyl (C=O) groups is 1. The Kier molecular flexibility index (Phi) is 5.94. The predicted octanol–water partition coefficient (Wildman–Crippen LogP) is 4.31. The molecule has 1 amide bonds. The first kappa shape index (κ1) is 18.3. The van der Waals surface area contributed by atoms with Crippen LogP contribution >= 0.6 is 0 Å². The van der Waals surface area contributed by atoms with Crippen molar-refractivity contribution in [3.63, 3.8) is 0 Å². The Hall–Kier alpha value is -3.47. The van der Waals surface area contributed by atoms with E-state index in [0.29, 0.717) is 11.1 Å². The summed E-state index contributed by atoms with van der Waals surface area (Å²) >= 11 is 0. The second kappa shape index (κ2) is 8.76. The number of nitro groups is 1. The lowest BCUT2D eigenvalue weighted by Crippen LogP contribution is -2.24. The van der Waals surface area contributed by atoms with Crippen LogP contribution in [0.4, 0.5) is 5.69 Å². The third kappa shape index (κ3) is 4.79. The molecule has 0 bridgehead atoms. The van der Waals surface area contributed by atoms with E-state index < -0.39 is 4.92 Å². The van der Waals surface area contributed by atoms with Crippen molar-refractivity contribution in [2.75, 3.05) is 0 Å². The number of nitro benzene ring substituents is 1. The van der Waals surface area contributed by atoms with Gasteiger partial charge in [-0.15, -0.1) is 0 Å². The van der Waals surface area contributed by atoms with Crippen LogP contribution in [-0.2, 0) is 19.4 Å². The van der Waals surface area contributed by atoms with Gasteiger partial charge < -0.3 is 5.32 Å². The minimum Gasteiger partial charge on any atom is -0.348 e. The molecule has 0 saturated heterocycles. The largest absolute Gasteiger partial charge is 0.348 e. The van der Waals surface area contributed by atoms with Gasteiger partial charge in [0, 0.05) is 23.7 Å². The molecule has 0 saturated carbocycles. The lowest BCUT2D eigenvalue weighted by molar-refractivity contribution is -0.385. The number of hydrogen-bond acceptors (Lipinski definition) is 3. The van der Waals surface area contributed by atoms with Gasteiger partial charge in [0.2, 0.25) is 0 Å². The Labute approximate surface area is 157 Å². The monoisotopic (exact) mass is 360 g/mol. The van der Waals surface area contributed by atoms with E-state index in [-0.39, 0.29) is 18.1 Å². The van der Waals surface area contributed by atoms with Crippen molar-refractivity contribution in [1.29, 1.82) is 0 Å². The fourth-order valence-corrected chi connectivity index (χ4v) is 2.99. The van der Waals surface area contributed by atoms with Crippen molar-refractivity contribution >= 4 is 11.6 Å². The second-order valence-electron chi connectivity index (χ2n) is 6.21. The molecule has 0 spiro atoms. The minimum absolute atomic E-state index is 0.00941. The van der Waals surface area contributed by atoms with Crippen molar-refractivity contribution in [2.45, 2.75) is 19.4 Å². The minimum atomic E-state index is -0.435. The summed E-state index contributed by atoms with van der Waals surface area (Å²) in [5.74, 6) is -0.225. The molecule has 27 heavy (non-hydrogen) atoms. The van der Waals surface area contributed by atoms with Crippen LogP contribution in [0.1, 0.15) is 27.0 Å². The molecule has 3 aromatic rings. The summed E-state index contributed by atoms with van der Waals surface area (Å²) in [5, 5.41) is 13.9. The molecule has 0 heterocycles. The lowest BCUT2D eigenvalue weighted by Gasteiger charge is -2.11. The average molecular weight is 360 g/mol. The Balaban J connectivity index is 1.69. The van der Waals surface area contributed by atoms with Gasteiger partial charge in [-0.25, -0.2) is 0 Å². The van der Waals surface area contributed by atoms with E-state index in [0.717, 1.165) is 18.4 Å². The van der Waals surface area contributed by atoms with Gasteiger partial charge in [-0.3, -0.25) is 14.9 Å². The average Bonchev–Trinajstić information content (AvgIpc) is 2.71. The summed E-state index contributed by atoms with van der Waals surface area (Å²) in [7, 11) is 0. The molecule has 136 valence electrons. The van der Waals surface area contributed by atoms with Crippen LogP contribution in [0.15, 0.2) is 78.9 Å². The third-order valence-corrected chi connectivity index (χ3v) is 4.42. The summed E-state index contributed by atoms with van der Waals surface area (Å²) in [6, 6.07) is 24.0. The summed E-state index contributed by atoms with van der Waals surface area (Å²) in [6.45, 7) is 0.114. The molecule has 1 N–H and O–H groups in total. The van der Waals surface area contributed by atoms with Gasteiger partial charge in [0.15, 0.2) is 0 Å². The second-order valence-corrected chi connectivity index (χ2v) is 6.21. The maximum absolute atomic E-state index is 12.7. The Morgan fingerprint density at radius 1 is 0.815 bits per heavy atom. The standard InChI is InChI=1S/C22H20N2O3/c25-22(23-16-19-11-5-7-13-21(19)24(26)27)20-12-6-4-10-18(20)15-14-17-8-2-1-3-9-17/h1-13H,14-16H2,(H,23,25). The molecule has 0 fully saturated rings. The van der Waals surface area contributed by atoms with Crippen LogP contribution in [0, 0.1) is 10.1 Å². The zero-order valence-electron chi connectivity index (χ0n) is 14.8. The van der Waals surface area contributed by atoms with E-state index >= 15 is 0 Å². The van der Waals surface area contributed by atoms with Crippen LogP contribution in [-0.4, -0.2) is 10.8 Å². The van der Waals surface area contributed by atoms with Gasteiger partial charge in [-0.1, -0.05) is 66.7 Å². The van der Waals surface area contributed by atoms with E-state index in [4.69, 9.17) is 0 Å². The predicted molar refractivity (Wildman–Crippen MR) is 105 cm³/mol. The number of nitrogens with one attached hydrogen (secondary N) is 1. The highest BCUT2D eigenvalue weighted by Crippen LogP contribution is 2.18. The summed E-state index contributed by atoms with van der Waals surface area (Å²) in [5.41, 5.74) is 3.27. The van der Waals surface area contributed by atoms with E-state index in [2.05, 4.69) is 17.4 Å². The van der Waals surface area contributed by atoms with Crippen molar-refractivity contribution < 1.29 is 9.72 Å². The van der Waals surface area contributed by atoms with Gasteiger partial charge in [0.1, 0.15) is 0 Å². The summed E-state index contributed by atoms with van der Waals surface area (Å²) in [6.07, 6.45) is 1.59. The SMILES string of the molecule is O=C(NCc1ccccc1[N+](=O)[O-])c1ccccc1CCc1ccccc1. The molecule has 0 aromatic heterocycles. The first-order valence-corrected chi connectivity index (χ1v) is 8.77. The quantitative estimate of drug-likeness (QED) is 0.504. The van der Waals surface area contributed by atoms with E-state index in [9.17, 15) is 14.9 Å². The lowest BCUT2D eigenvalue weighted by atomic mass is 9.99. The van der Waals surface area contributed by atoms with E-state index in [1.807, 2.05) is 36.4 Å². The normalized spacial score (nSPS) is 10.4. The number of nitrogens with zero attached hydrogens (tertiary/aromatic N) is 1. The molecule has 0 aliphatic carbocycles. The number of rotatable bonds is 7. The highest BCUT2D eigenvalue weighted by molar-refractivity contribution is 5.95. The zero-order valence-corrected chi connectivity index (χ0v) is 14.8. The smallest absolute Gasteiger partial charge is 0.274 e. The van der Waals surface area contributed by atoms with Crippen LogP contribution in [0.25, 0.3) is 0 Å². The summed E-state index contributed by atoms with van der Waals surface area (Å²) in [4.78, 5) is 23.3. The van der Waals surface area contributed by atoms with Gasteiger partial charge in [-0.05, 0) is 30.0 Å². The van der Waals surface area contributed by atoms with Crippen LogP contribution in [0.2, 0.25) is 0 Å². The van der Waals surface area contributed by atoms with Crippen molar-refractivity contribution in [3.05, 3.63) is 111 Å². The van der Waals surface area contributed by atoms with Crippen molar-refractivity contribution in [3.8, 4) is 0 Å². The number of para-hydroxylation sites is 1. The first-order chi connectivity index (χ1) is 13.1. The van der Waals surface area contributed by atoms with E-state index in [1.165, 1.54) is 11.6 Å². The molecule has 0 aliphatic rings. The van der Waals surface area contributed by atoms with Gasteiger partial charge in [-0.2, -0.15) is 0 Å². The molecule has 0 unspecified atom stereocenters. The van der Waals surface area contributed by atoms with E-state index in [1.54, 1.807) is 24.3 Å². The molecule has 3 aromatic carbocycles. The molecular weight excluding hydrogens is 340 g/mol. The molecule has 5 nitrogen and oxygen atoms in total. The van der Waals surface area contributed by atoms with Crippen molar-refractivity contribution in [1.82, 2.24) is 5.32 Å². The first-order valence-electron chi connectivity index (χ1n) is 8.77. The van der Waals surface area contributed by atoms with Gasteiger partial charge in [0.05, 0.1) is 4.92 Å². The third-order valence-electron chi connectivity index (χ3n) is 4.42. The maximum Gasteiger partial charge on any atom is 0.274 e. The Morgan fingerprint density at radius 2 is 1.44 bits per heavy atom. The number of hydrogen-bond donors (Lipinski definition) is 1. The van der Waals surface area contributed by atoms with Crippen LogP contribution < -0.4 is 5.32 Å². The molecule has 0 atom stereocenters. The molecule has 0 radical (unpaired) electrons. The zero-order chi connectivity index (χ0) is 19.1. The highest BCUT2D eigenvalue weighted by Gasteiger charge is 2.15. The number of carbonyl (C=O) groups excluding carboxylic acids is 1. The molecule has 5 heteroatoms. The number of aryl methyl sites for hydroxylation is 2. The highest BCUT2D eigenvalue weighted by atomic mass is 16.6. The van der Waals surface area contributed by atoms with Crippen LogP contribution in [0.5, 0.6) is 0 Å². The van der Waals surface area contributed by atoms with Crippen molar-refractivity contribution in [2.24, 2.45) is 0 Å². The van der Waals surface area contributed by atoms with Crippen LogP contribution in [0.3, 0.4) is 0 Å². The fourth-order valence-electron chi connectivity index (χ4n) is 2.99. The maximum atomic E-state index is 12.7. The summed E-state index contributed by atoms with van der Waals surface area (Å²) < 4.78 is 0. The topological polar surface area (TPSA) is 72.2 Å². The number of amides is 1.